The Morgan fingerprint density at radius 1 is 1.57 bits per heavy atom. The van der Waals surface area contributed by atoms with Gasteiger partial charge in [0, 0.05) is 16.1 Å². The summed E-state index contributed by atoms with van der Waals surface area (Å²) in [6.45, 7) is 1.59. The number of nitrogens with two attached hydrogens (primary N) is 1. The third-order valence-corrected chi connectivity index (χ3v) is 2.41. The zero-order chi connectivity index (χ0) is 10.9. The van der Waals surface area contributed by atoms with Crippen molar-refractivity contribution < 1.29 is 15.0 Å². The minimum atomic E-state index is -1.23. The molecule has 0 heterocycles. The van der Waals surface area contributed by atoms with Gasteiger partial charge in [0.1, 0.15) is 11.8 Å². The lowest BCUT2D eigenvalue weighted by Crippen LogP contribution is -2.20. The normalized spacial score (nSPS) is 12.5. The molecule has 76 valence electrons. The Morgan fingerprint density at radius 3 is 2.64 bits per heavy atom. The monoisotopic (exact) mass is 215 g/mol. The number of carboxylic acids is 1. The maximum Gasteiger partial charge on any atom is 0.325 e. The minimum Gasteiger partial charge on any atom is -0.507 e. The number of aromatic hydroxyl groups is 1. The fourth-order valence-corrected chi connectivity index (χ4v) is 1.23. The summed E-state index contributed by atoms with van der Waals surface area (Å²) in [5.74, 6) is -1.35. The SMILES string of the molecule is Cc1c(Cl)ccc([C@H](N)C(=O)O)c1O. The van der Waals surface area contributed by atoms with Gasteiger partial charge in [0.25, 0.3) is 0 Å². The van der Waals surface area contributed by atoms with E-state index in [0.29, 0.717) is 10.6 Å². The molecule has 0 aromatic heterocycles. The number of halogens is 1. The van der Waals surface area contributed by atoms with Crippen molar-refractivity contribution in [3.8, 4) is 5.75 Å². The van der Waals surface area contributed by atoms with Crippen LogP contribution in [0.5, 0.6) is 5.75 Å². The summed E-state index contributed by atoms with van der Waals surface area (Å²) in [5.41, 5.74) is 5.95. The van der Waals surface area contributed by atoms with Crippen molar-refractivity contribution in [3.05, 3.63) is 28.3 Å². The van der Waals surface area contributed by atoms with E-state index in [1.165, 1.54) is 12.1 Å². The second-order valence-corrected chi connectivity index (χ2v) is 3.33. The average Bonchev–Trinajstić information content (AvgIpc) is 2.13. The number of hydrogen-bond acceptors (Lipinski definition) is 3. The van der Waals surface area contributed by atoms with E-state index in [1.807, 2.05) is 0 Å². The molecule has 1 rings (SSSR count). The first-order chi connectivity index (χ1) is 6.45. The minimum absolute atomic E-state index is 0.160. The van der Waals surface area contributed by atoms with Crippen molar-refractivity contribution in [2.45, 2.75) is 13.0 Å². The second-order valence-electron chi connectivity index (χ2n) is 2.93. The maximum atomic E-state index is 10.6. The van der Waals surface area contributed by atoms with Gasteiger partial charge in [-0.1, -0.05) is 17.7 Å². The summed E-state index contributed by atoms with van der Waals surface area (Å²) < 4.78 is 0. The van der Waals surface area contributed by atoms with E-state index in [4.69, 9.17) is 22.4 Å². The molecule has 4 N–H and O–H groups in total. The van der Waals surface area contributed by atoms with Crippen LogP contribution in [0.4, 0.5) is 0 Å². The van der Waals surface area contributed by atoms with Crippen LogP contribution in [0.2, 0.25) is 5.02 Å². The molecular formula is C9H10ClNO3. The molecule has 0 saturated carbocycles. The van der Waals surface area contributed by atoms with E-state index < -0.39 is 12.0 Å². The lowest BCUT2D eigenvalue weighted by molar-refractivity contribution is -0.138. The highest BCUT2D eigenvalue weighted by Gasteiger charge is 2.19. The highest BCUT2D eigenvalue weighted by Crippen LogP contribution is 2.31. The molecule has 1 aromatic rings. The van der Waals surface area contributed by atoms with Crippen LogP contribution in [-0.2, 0) is 4.79 Å². The number of hydrogen-bond donors (Lipinski definition) is 3. The first-order valence-electron chi connectivity index (χ1n) is 3.91. The zero-order valence-corrected chi connectivity index (χ0v) is 8.25. The standard InChI is InChI=1S/C9H10ClNO3/c1-4-6(10)3-2-5(8(4)12)7(11)9(13)14/h2-3,7,12H,11H2,1H3,(H,13,14)/t7-/m0/s1. The quantitative estimate of drug-likeness (QED) is 0.697. The molecule has 0 aliphatic heterocycles. The smallest absolute Gasteiger partial charge is 0.325 e. The first kappa shape index (κ1) is 10.8. The third-order valence-electron chi connectivity index (χ3n) is 2.00. The van der Waals surface area contributed by atoms with E-state index in [-0.39, 0.29) is 11.3 Å². The molecule has 0 fully saturated rings. The van der Waals surface area contributed by atoms with E-state index in [1.54, 1.807) is 6.92 Å². The molecule has 0 bridgehead atoms. The molecule has 0 amide bonds. The molecule has 1 aromatic carbocycles. The number of aliphatic carboxylic acids is 1. The van der Waals surface area contributed by atoms with Gasteiger partial charge in [0.15, 0.2) is 0 Å². The Hall–Kier alpha value is -1.26. The van der Waals surface area contributed by atoms with Crippen LogP contribution in [0.25, 0.3) is 0 Å². The summed E-state index contributed by atoms with van der Waals surface area (Å²) in [5, 5.41) is 18.6. The molecule has 0 spiro atoms. The summed E-state index contributed by atoms with van der Waals surface area (Å²) in [6, 6.07) is 1.68. The summed E-state index contributed by atoms with van der Waals surface area (Å²) in [6.07, 6.45) is 0. The predicted octanol–water partition coefficient (Wildman–Crippen LogP) is 1.44. The number of carbonyl (C=O) groups is 1. The summed E-state index contributed by atoms with van der Waals surface area (Å²) >= 11 is 5.72. The fourth-order valence-electron chi connectivity index (χ4n) is 1.08. The number of phenols is 1. The summed E-state index contributed by atoms with van der Waals surface area (Å²) in [4.78, 5) is 10.6. The zero-order valence-electron chi connectivity index (χ0n) is 7.49. The van der Waals surface area contributed by atoms with E-state index >= 15 is 0 Å². The Bertz CT molecular complexity index is 379. The van der Waals surface area contributed by atoms with Gasteiger partial charge >= 0.3 is 5.97 Å². The lowest BCUT2D eigenvalue weighted by Gasteiger charge is -2.11. The van der Waals surface area contributed by atoms with Crippen molar-refractivity contribution in [2.24, 2.45) is 5.73 Å². The topological polar surface area (TPSA) is 83.6 Å². The third kappa shape index (κ3) is 1.81. The Balaban J connectivity index is 3.24. The molecule has 0 saturated heterocycles. The maximum absolute atomic E-state index is 10.6. The van der Waals surface area contributed by atoms with Crippen LogP contribution < -0.4 is 5.73 Å². The Labute approximate surface area is 85.9 Å². The molecule has 0 aliphatic rings. The van der Waals surface area contributed by atoms with E-state index in [0.717, 1.165) is 0 Å². The molecule has 0 radical (unpaired) electrons. The molecule has 0 unspecified atom stereocenters. The molecule has 14 heavy (non-hydrogen) atoms. The molecule has 5 heteroatoms. The number of benzene rings is 1. The van der Waals surface area contributed by atoms with Gasteiger partial charge < -0.3 is 15.9 Å². The highest BCUT2D eigenvalue weighted by molar-refractivity contribution is 6.31. The van der Waals surface area contributed by atoms with Gasteiger partial charge in [-0.2, -0.15) is 0 Å². The van der Waals surface area contributed by atoms with Gasteiger partial charge in [-0.05, 0) is 13.0 Å². The van der Waals surface area contributed by atoms with Crippen LogP contribution in [0.1, 0.15) is 17.2 Å². The van der Waals surface area contributed by atoms with Crippen LogP contribution in [0, 0.1) is 6.92 Å². The number of rotatable bonds is 2. The van der Waals surface area contributed by atoms with Crippen LogP contribution in [-0.4, -0.2) is 16.2 Å². The van der Waals surface area contributed by atoms with Crippen molar-refractivity contribution in [2.75, 3.05) is 0 Å². The fraction of sp³-hybridized carbons (Fsp3) is 0.222. The predicted molar refractivity (Wildman–Crippen MR) is 52.4 cm³/mol. The van der Waals surface area contributed by atoms with Crippen LogP contribution in [0.15, 0.2) is 12.1 Å². The van der Waals surface area contributed by atoms with Crippen molar-refractivity contribution in [1.29, 1.82) is 0 Å². The van der Waals surface area contributed by atoms with Crippen molar-refractivity contribution in [3.63, 3.8) is 0 Å². The molecule has 1 atom stereocenters. The average molecular weight is 216 g/mol. The van der Waals surface area contributed by atoms with E-state index in [2.05, 4.69) is 0 Å². The van der Waals surface area contributed by atoms with Crippen molar-refractivity contribution >= 4 is 17.6 Å². The van der Waals surface area contributed by atoms with E-state index in [9.17, 15) is 9.90 Å². The van der Waals surface area contributed by atoms with Crippen LogP contribution >= 0.6 is 11.6 Å². The number of phenolic OH excluding ortho intramolecular Hbond substituents is 1. The van der Waals surface area contributed by atoms with Gasteiger partial charge in [0.05, 0.1) is 0 Å². The largest absolute Gasteiger partial charge is 0.507 e. The number of carboxylic acid groups (broad SMARTS) is 1. The van der Waals surface area contributed by atoms with Crippen molar-refractivity contribution in [1.82, 2.24) is 0 Å². The highest BCUT2D eigenvalue weighted by atomic mass is 35.5. The molecule has 0 aliphatic carbocycles. The summed E-state index contributed by atoms with van der Waals surface area (Å²) in [7, 11) is 0. The Kier molecular flexibility index (Phi) is 2.98. The lowest BCUT2D eigenvalue weighted by atomic mass is 10.0. The van der Waals surface area contributed by atoms with Gasteiger partial charge in [-0.3, -0.25) is 4.79 Å². The second kappa shape index (κ2) is 3.86. The Morgan fingerprint density at radius 2 is 2.14 bits per heavy atom. The van der Waals surface area contributed by atoms with Gasteiger partial charge in [-0.15, -0.1) is 0 Å². The van der Waals surface area contributed by atoms with Crippen LogP contribution in [0.3, 0.4) is 0 Å². The molecular weight excluding hydrogens is 206 g/mol. The van der Waals surface area contributed by atoms with Gasteiger partial charge in [-0.25, -0.2) is 0 Å². The molecule has 4 nitrogen and oxygen atoms in total. The first-order valence-corrected chi connectivity index (χ1v) is 4.29. The van der Waals surface area contributed by atoms with Gasteiger partial charge in [0.2, 0.25) is 0 Å².